The third-order valence-corrected chi connectivity index (χ3v) is 5.80. The SMILES string of the molecule is NCC12CCC(c3nc(-c4ccc(OC(F)(F)F)nn4)no3)(CC1)CC2. The predicted molar refractivity (Wildman–Crippen MR) is 82.9 cm³/mol. The van der Waals surface area contributed by atoms with Crippen LogP contribution in [0.2, 0.25) is 0 Å². The van der Waals surface area contributed by atoms with Crippen molar-refractivity contribution >= 4 is 0 Å². The van der Waals surface area contributed by atoms with Crippen LogP contribution in [0.4, 0.5) is 13.2 Å². The van der Waals surface area contributed by atoms with Crippen LogP contribution in [0, 0.1) is 5.41 Å². The lowest BCUT2D eigenvalue weighted by Crippen LogP contribution is -2.47. The molecule has 3 fully saturated rings. The molecule has 2 N–H and O–H groups in total. The topological polar surface area (TPSA) is 100.0 Å². The molecule has 3 aliphatic carbocycles. The molecule has 0 aromatic carbocycles. The first-order valence-electron chi connectivity index (χ1n) is 8.47. The zero-order valence-corrected chi connectivity index (χ0v) is 13.9. The molecular formula is C16H18F3N5O2. The van der Waals surface area contributed by atoms with E-state index in [0.717, 1.165) is 44.6 Å². The Morgan fingerprint density at radius 1 is 1.08 bits per heavy atom. The Balaban J connectivity index is 1.52. The van der Waals surface area contributed by atoms with Crippen LogP contribution in [0.1, 0.15) is 44.4 Å². The number of nitrogens with two attached hydrogens (primary N) is 1. The Morgan fingerprint density at radius 2 is 1.77 bits per heavy atom. The number of aromatic nitrogens is 4. The van der Waals surface area contributed by atoms with Gasteiger partial charge in [-0.3, -0.25) is 0 Å². The molecule has 2 bridgehead atoms. The van der Waals surface area contributed by atoms with E-state index in [1.54, 1.807) is 0 Å². The average molecular weight is 369 g/mol. The minimum atomic E-state index is -4.81. The molecule has 7 nitrogen and oxygen atoms in total. The molecule has 3 saturated carbocycles. The van der Waals surface area contributed by atoms with Crippen molar-refractivity contribution in [3.8, 4) is 17.4 Å². The summed E-state index contributed by atoms with van der Waals surface area (Å²) < 4.78 is 45.7. The summed E-state index contributed by atoms with van der Waals surface area (Å²) in [5, 5.41) is 11.0. The number of halogens is 3. The second-order valence-electron chi connectivity index (χ2n) is 7.21. The van der Waals surface area contributed by atoms with Gasteiger partial charge >= 0.3 is 6.36 Å². The highest BCUT2D eigenvalue weighted by molar-refractivity contribution is 5.47. The number of hydrogen-bond acceptors (Lipinski definition) is 7. The Labute approximate surface area is 147 Å². The first-order chi connectivity index (χ1) is 12.3. The molecule has 3 aliphatic rings. The second-order valence-corrected chi connectivity index (χ2v) is 7.21. The van der Waals surface area contributed by atoms with Crippen molar-refractivity contribution in [2.24, 2.45) is 11.1 Å². The van der Waals surface area contributed by atoms with Crippen LogP contribution in [0.15, 0.2) is 16.7 Å². The molecule has 0 unspecified atom stereocenters. The molecule has 2 aromatic heterocycles. The van der Waals surface area contributed by atoms with Gasteiger partial charge < -0.3 is 15.0 Å². The van der Waals surface area contributed by atoms with Gasteiger partial charge in [-0.15, -0.1) is 23.4 Å². The Kier molecular flexibility index (Phi) is 3.90. The molecule has 0 spiro atoms. The van der Waals surface area contributed by atoms with Gasteiger partial charge in [0.25, 0.3) is 0 Å². The summed E-state index contributed by atoms with van der Waals surface area (Å²) in [6.45, 7) is 0.708. The standard InChI is InChI=1S/C16H18F3N5O2/c17-16(18,19)25-11-2-1-10(22-23-11)12-21-13(26-24-12)15-6-3-14(9-20,4-7-15)5-8-15/h1-2H,3-9,20H2. The van der Waals surface area contributed by atoms with Crippen molar-refractivity contribution < 1.29 is 22.4 Å². The van der Waals surface area contributed by atoms with Crippen molar-refractivity contribution in [3.05, 3.63) is 18.0 Å². The van der Waals surface area contributed by atoms with Crippen molar-refractivity contribution in [3.63, 3.8) is 0 Å². The van der Waals surface area contributed by atoms with Gasteiger partial charge in [-0.05, 0) is 56.6 Å². The fraction of sp³-hybridized carbons (Fsp3) is 0.625. The smallest absolute Gasteiger partial charge is 0.386 e. The Hall–Kier alpha value is -2.23. The molecule has 2 heterocycles. The summed E-state index contributed by atoms with van der Waals surface area (Å²) in [6, 6.07) is 2.39. The van der Waals surface area contributed by atoms with Crippen molar-refractivity contribution in [2.45, 2.75) is 50.3 Å². The number of rotatable bonds is 4. The molecule has 0 saturated heterocycles. The van der Waals surface area contributed by atoms with E-state index in [9.17, 15) is 13.2 Å². The highest BCUT2D eigenvalue weighted by atomic mass is 19.4. The van der Waals surface area contributed by atoms with Gasteiger partial charge in [0, 0.05) is 11.5 Å². The van der Waals surface area contributed by atoms with E-state index in [1.807, 2.05) is 0 Å². The fourth-order valence-electron chi connectivity index (χ4n) is 4.05. The second kappa shape index (κ2) is 5.90. The van der Waals surface area contributed by atoms with Gasteiger partial charge in [0.1, 0.15) is 5.69 Å². The highest BCUT2D eigenvalue weighted by Gasteiger charge is 2.51. The zero-order valence-electron chi connectivity index (χ0n) is 13.9. The summed E-state index contributed by atoms with van der Waals surface area (Å²) in [5.41, 5.74) is 6.29. The van der Waals surface area contributed by atoms with Gasteiger partial charge in [0.2, 0.25) is 17.6 Å². The summed E-state index contributed by atoms with van der Waals surface area (Å²) in [6.07, 6.45) is 1.19. The van der Waals surface area contributed by atoms with E-state index in [-0.39, 0.29) is 22.3 Å². The average Bonchev–Trinajstić information content (AvgIpc) is 3.13. The minimum Gasteiger partial charge on any atom is -0.386 e. The first kappa shape index (κ1) is 17.2. The van der Waals surface area contributed by atoms with E-state index in [2.05, 4.69) is 25.1 Å². The van der Waals surface area contributed by atoms with Crippen LogP contribution in [-0.4, -0.2) is 33.2 Å². The molecule has 26 heavy (non-hydrogen) atoms. The number of fused-ring (bicyclic) bond motifs is 3. The fourth-order valence-corrected chi connectivity index (χ4v) is 4.05. The molecule has 2 aromatic rings. The maximum absolute atomic E-state index is 12.2. The lowest BCUT2D eigenvalue weighted by Gasteiger charge is -2.51. The van der Waals surface area contributed by atoms with Gasteiger partial charge in [-0.1, -0.05) is 5.16 Å². The zero-order chi connectivity index (χ0) is 18.4. The van der Waals surface area contributed by atoms with Crippen LogP contribution in [0.25, 0.3) is 11.5 Å². The molecule has 0 amide bonds. The summed E-state index contributed by atoms with van der Waals surface area (Å²) in [7, 11) is 0. The maximum Gasteiger partial charge on any atom is 0.574 e. The molecule has 140 valence electrons. The summed E-state index contributed by atoms with van der Waals surface area (Å²) in [4.78, 5) is 4.45. The van der Waals surface area contributed by atoms with Crippen LogP contribution in [-0.2, 0) is 5.41 Å². The minimum absolute atomic E-state index is 0.130. The quantitative estimate of drug-likeness (QED) is 0.884. The van der Waals surface area contributed by atoms with Crippen LogP contribution in [0.5, 0.6) is 5.88 Å². The highest BCUT2D eigenvalue weighted by Crippen LogP contribution is 2.57. The number of ether oxygens (including phenoxy) is 1. The van der Waals surface area contributed by atoms with E-state index in [4.69, 9.17) is 10.3 Å². The first-order valence-corrected chi connectivity index (χ1v) is 8.47. The van der Waals surface area contributed by atoms with Gasteiger partial charge in [0.15, 0.2) is 0 Å². The normalized spacial score (nSPS) is 28.3. The molecule has 0 radical (unpaired) electrons. The van der Waals surface area contributed by atoms with Crippen LogP contribution >= 0.6 is 0 Å². The van der Waals surface area contributed by atoms with E-state index in [0.29, 0.717) is 12.4 Å². The molecule has 10 heteroatoms. The molecule has 0 aliphatic heterocycles. The lowest BCUT2D eigenvalue weighted by molar-refractivity contribution is -0.276. The van der Waals surface area contributed by atoms with Crippen molar-refractivity contribution in [2.75, 3.05) is 6.54 Å². The summed E-state index contributed by atoms with van der Waals surface area (Å²) in [5.74, 6) is 0.137. The van der Waals surface area contributed by atoms with Crippen molar-refractivity contribution in [1.29, 1.82) is 0 Å². The van der Waals surface area contributed by atoms with E-state index in [1.165, 1.54) is 6.07 Å². The molecular weight excluding hydrogens is 351 g/mol. The Morgan fingerprint density at radius 3 is 2.31 bits per heavy atom. The monoisotopic (exact) mass is 369 g/mol. The molecule has 0 atom stereocenters. The summed E-state index contributed by atoms with van der Waals surface area (Å²) >= 11 is 0. The van der Waals surface area contributed by atoms with E-state index < -0.39 is 12.2 Å². The van der Waals surface area contributed by atoms with Gasteiger partial charge in [0.05, 0.1) is 0 Å². The van der Waals surface area contributed by atoms with Crippen molar-refractivity contribution in [1.82, 2.24) is 20.3 Å². The number of hydrogen-bond donors (Lipinski definition) is 1. The van der Waals surface area contributed by atoms with Crippen LogP contribution in [0.3, 0.4) is 0 Å². The third-order valence-electron chi connectivity index (χ3n) is 5.80. The van der Waals surface area contributed by atoms with E-state index >= 15 is 0 Å². The van der Waals surface area contributed by atoms with Crippen LogP contribution < -0.4 is 10.5 Å². The van der Waals surface area contributed by atoms with Gasteiger partial charge in [-0.2, -0.15) is 4.98 Å². The van der Waals surface area contributed by atoms with Gasteiger partial charge in [-0.25, -0.2) is 0 Å². The number of nitrogens with zero attached hydrogens (tertiary/aromatic N) is 4. The lowest BCUT2D eigenvalue weighted by atomic mass is 9.53. The largest absolute Gasteiger partial charge is 0.574 e. The predicted octanol–water partition coefficient (Wildman–Crippen LogP) is 2.98. The maximum atomic E-state index is 12.2. The Bertz CT molecular complexity index is 765. The third kappa shape index (κ3) is 3.02. The number of alkyl halides is 3. The molecule has 5 rings (SSSR count).